The first-order valence-corrected chi connectivity index (χ1v) is 8.80. The molecule has 0 bridgehead atoms. The van der Waals surface area contributed by atoms with Crippen molar-refractivity contribution in [3.63, 3.8) is 0 Å². The van der Waals surface area contributed by atoms with Crippen molar-refractivity contribution < 1.29 is 9.84 Å². The van der Waals surface area contributed by atoms with Crippen molar-refractivity contribution in [3.05, 3.63) is 29.6 Å². The maximum Gasteiger partial charge on any atom is 0.225 e. The van der Waals surface area contributed by atoms with Gasteiger partial charge in [0.15, 0.2) is 5.82 Å². The number of aliphatic hydroxyl groups is 1. The molecule has 0 saturated heterocycles. The van der Waals surface area contributed by atoms with Crippen LogP contribution < -0.4 is 16.0 Å². The summed E-state index contributed by atoms with van der Waals surface area (Å²) in [5.41, 5.74) is 2.49. The monoisotopic (exact) mass is 373 g/mol. The number of aliphatic hydroxyl groups excluding tert-OH is 1. The summed E-state index contributed by atoms with van der Waals surface area (Å²) in [5, 5.41) is 26.6. The van der Waals surface area contributed by atoms with Crippen molar-refractivity contribution in [2.24, 2.45) is 0 Å². The molecule has 9 nitrogen and oxygen atoms in total. The standard InChI is InChI=1S/C18H27N7O2/c1-12-5-7-20-14(11-12)23-17-16(21-6-4-10-27-3)15(13(2)19)24-18(25-17)22-8-9-26/h5,7,11,19,21,26H,4,6,8-10H2,1-3H3,(H2,20,22,23,24,25). The van der Waals surface area contributed by atoms with Crippen LogP contribution in [0.3, 0.4) is 0 Å². The van der Waals surface area contributed by atoms with Crippen LogP contribution in [-0.2, 0) is 4.74 Å². The molecule has 0 atom stereocenters. The number of aromatic nitrogens is 3. The molecule has 2 heterocycles. The zero-order valence-corrected chi connectivity index (χ0v) is 16.0. The molecule has 2 rings (SSSR count). The number of nitrogens with one attached hydrogen (secondary N) is 4. The Balaban J connectivity index is 2.40. The second kappa shape index (κ2) is 10.4. The molecule has 0 radical (unpaired) electrons. The molecule has 0 aliphatic heterocycles. The molecule has 0 unspecified atom stereocenters. The molecule has 27 heavy (non-hydrogen) atoms. The summed E-state index contributed by atoms with van der Waals surface area (Å²) in [6, 6.07) is 3.82. The molecule has 0 aliphatic rings. The van der Waals surface area contributed by atoms with E-state index < -0.39 is 0 Å². The highest BCUT2D eigenvalue weighted by Crippen LogP contribution is 2.28. The largest absolute Gasteiger partial charge is 0.395 e. The molecular formula is C18H27N7O2. The summed E-state index contributed by atoms with van der Waals surface area (Å²) in [6.45, 7) is 5.22. The first-order chi connectivity index (χ1) is 13.0. The van der Waals surface area contributed by atoms with Crippen molar-refractivity contribution in [2.75, 3.05) is 49.4 Å². The number of aryl methyl sites for hydroxylation is 1. The molecule has 0 amide bonds. The molecule has 9 heteroatoms. The molecule has 0 fully saturated rings. The SMILES string of the molecule is COCCCNc1c(Nc2cc(C)ccn2)nc(NCCO)nc1C(C)=N. The Labute approximate surface area is 159 Å². The second-order valence-corrected chi connectivity index (χ2v) is 6.01. The highest BCUT2D eigenvalue weighted by atomic mass is 16.5. The Hall–Kier alpha value is -2.78. The topological polar surface area (TPSA) is 128 Å². The number of hydrogen-bond acceptors (Lipinski definition) is 9. The van der Waals surface area contributed by atoms with E-state index in [1.165, 1.54) is 0 Å². The van der Waals surface area contributed by atoms with Gasteiger partial charge in [0.25, 0.3) is 0 Å². The van der Waals surface area contributed by atoms with Gasteiger partial charge in [-0.2, -0.15) is 4.98 Å². The average Bonchev–Trinajstić information content (AvgIpc) is 2.64. The molecular weight excluding hydrogens is 346 g/mol. The fourth-order valence-electron chi connectivity index (χ4n) is 2.39. The van der Waals surface area contributed by atoms with E-state index in [4.69, 9.17) is 15.3 Å². The lowest BCUT2D eigenvalue weighted by Gasteiger charge is -2.17. The summed E-state index contributed by atoms with van der Waals surface area (Å²) in [5.74, 6) is 1.50. The number of methoxy groups -OCH3 is 1. The second-order valence-electron chi connectivity index (χ2n) is 6.01. The van der Waals surface area contributed by atoms with Gasteiger partial charge in [-0.3, -0.25) is 0 Å². The lowest BCUT2D eigenvalue weighted by Crippen LogP contribution is -2.17. The van der Waals surface area contributed by atoms with Gasteiger partial charge in [0, 0.05) is 33.0 Å². The Kier molecular flexibility index (Phi) is 7.90. The van der Waals surface area contributed by atoms with Crippen LogP contribution in [0, 0.1) is 12.3 Å². The summed E-state index contributed by atoms with van der Waals surface area (Å²) < 4.78 is 5.09. The summed E-state index contributed by atoms with van der Waals surface area (Å²) in [7, 11) is 1.66. The van der Waals surface area contributed by atoms with E-state index in [-0.39, 0.29) is 6.61 Å². The molecule has 0 spiro atoms. The van der Waals surface area contributed by atoms with E-state index >= 15 is 0 Å². The third kappa shape index (κ3) is 6.15. The van der Waals surface area contributed by atoms with E-state index in [1.54, 1.807) is 20.2 Å². The van der Waals surface area contributed by atoms with Gasteiger partial charge in [-0.1, -0.05) is 0 Å². The predicted molar refractivity (Wildman–Crippen MR) is 107 cm³/mol. The van der Waals surface area contributed by atoms with Crippen LogP contribution in [0.2, 0.25) is 0 Å². The van der Waals surface area contributed by atoms with Gasteiger partial charge in [0.2, 0.25) is 5.95 Å². The van der Waals surface area contributed by atoms with Gasteiger partial charge in [-0.05, 0) is 38.0 Å². The van der Waals surface area contributed by atoms with E-state index in [0.29, 0.717) is 54.4 Å². The van der Waals surface area contributed by atoms with Gasteiger partial charge >= 0.3 is 0 Å². The normalized spacial score (nSPS) is 10.5. The van der Waals surface area contributed by atoms with E-state index in [1.807, 2.05) is 19.1 Å². The van der Waals surface area contributed by atoms with E-state index in [2.05, 4.69) is 30.9 Å². The Morgan fingerprint density at radius 3 is 2.74 bits per heavy atom. The molecule has 2 aromatic rings. The van der Waals surface area contributed by atoms with Crippen LogP contribution in [0.5, 0.6) is 0 Å². The molecule has 0 saturated carbocycles. The minimum atomic E-state index is -0.0402. The number of ether oxygens (including phenoxy) is 1. The molecule has 146 valence electrons. The Morgan fingerprint density at radius 2 is 2.07 bits per heavy atom. The summed E-state index contributed by atoms with van der Waals surface area (Å²) in [6.07, 6.45) is 2.53. The van der Waals surface area contributed by atoms with Crippen molar-refractivity contribution in [2.45, 2.75) is 20.3 Å². The highest BCUT2D eigenvalue weighted by molar-refractivity contribution is 6.02. The lowest BCUT2D eigenvalue weighted by atomic mass is 10.2. The number of pyridine rings is 1. The van der Waals surface area contributed by atoms with Gasteiger partial charge in [0.1, 0.15) is 17.2 Å². The fourth-order valence-corrected chi connectivity index (χ4v) is 2.39. The first kappa shape index (κ1) is 20.5. The number of hydrogen-bond donors (Lipinski definition) is 5. The number of rotatable bonds is 11. The van der Waals surface area contributed by atoms with E-state index in [0.717, 1.165) is 12.0 Å². The molecule has 0 aliphatic carbocycles. The van der Waals surface area contributed by atoms with Crippen molar-refractivity contribution in [1.82, 2.24) is 15.0 Å². The third-order valence-electron chi connectivity index (χ3n) is 3.65. The Bertz CT molecular complexity index is 767. The van der Waals surface area contributed by atoms with Gasteiger partial charge in [0.05, 0.1) is 12.3 Å². The smallest absolute Gasteiger partial charge is 0.225 e. The predicted octanol–water partition coefficient (Wildman–Crippen LogP) is 2.16. The Morgan fingerprint density at radius 1 is 1.26 bits per heavy atom. The van der Waals surface area contributed by atoms with Crippen LogP contribution >= 0.6 is 0 Å². The maximum absolute atomic E-state index is 9.05. The minimum Gasteiger partial charge on any atom is -0.395 e. The molecule has 5 N–H and O–H groups in total. The van der Waals surface area contributed by atoms with E-state index in [9.17, 15) is 0 Å². The van der Waals surface area contributed by atoms with Gasteiger partial charge in [-0.25, -0.2) is 9.97 Å². The first-order valence-electron chi connectivity index (χ1n) is 8.80. The minimum absolute atomic E-state index is 0.0402. The molecule has 0 aromatic carbocycles. The fraction of sp³-hybridized carbons (Fsp3) is 0.444. The van der Waals surface area contributed by atoms with Crippen LogP contribution in [0.1, 0.15) is 24.6 Å². The van der Waals surface area contributed by atoms with Crippen LogP contribution in [-0.4, -0.2) is 59.2 Å². The molecule has 2 aromatic heterocycles. The lowest BCUT2D eigenvalue weighted by molar-refractivity contribution is 0.198. The summed E-state index contributed by atoms with van der Waals surface area (Å²) >= 11 is 0. The maximum atomic E-state index is 9.05. The number of nitrogens with zero attached hydrogens (tertiary/aromatic N) is 3. The number of anilines is 4. The third-order valence-corrected chi connectivity index (χ3v) is 3.65. The quantitative estimate of drug-likeness (QED) is 0.299. The summed E-state index contributed by atoms with van der Waals surface area (Å²) in [4.78, 5) is 13.2. The van der Waals surface area contributed by atoms with Gasteiger partial charge < -0.3 is 31.2 Å². The van der Waals surface area contributed by atoms with Gasteiger partial charge in [-0.15, -0.1) is 0 Å². The van der Waals surface area contributed by atoms with Crippen LogP contribution in [0.25, 0.3) is 0 Å². The van der Waals surface area contributed by atoms with Crippen LogP contribution in [0.4, 0.5) is 23.3 Å². The van der Waals surface area contributed by atoms with Crippen molar-refractivity contribution in [1.29, 1.82) is 5.41 Å². The zero-order chi connectivity index (χ0) is 19.6. The zero-order valence-electron chi connectivity index (χ0n) is 16.0. The van der Waals surface area contributed by atoms with Crippen LogP contribution in [0.15, 0.2) is 18.3 Å². The van der Waals surface area contributed by atoms with Crippen molar-refractivity contribution >= 4 is 29.0 Å². The highest BCUT2D eigenvalue weighted by Gasteiger charge is 2.16. The van der Waals surface area contributed by atoms with Crippen molar-refractivity contribution in [3.8, 4) is 0 Å². The average molecular weight is 373 g/mol.